The molecule has 3 rings (SSSR count). The van der Waals surface area contributed by atoms with Crippen LogP contribution in [0.3, 0.4) is 0 Å². The number of ether oxygens (including phenoxy) is 4. The fourth-order valence-electron chi connectivity index (χ4n) is 3.23. The Labute approximate surface area is 197 Å². The molecule has 0 spiro atoms. The summed E-state index contributed by atoms with van der Waals surface area (Å²) in [6, 6.07) is 10.7. The molecule has 0 aliphatic carbocycles. The number of aromatic hydroxyl groups is 1. The minimum Gasteiger partial charge on any atom is -0.504 e. The summed E-state index contributed by atoms with van der Waals surface area (Å²) in [5.74, 6) is 0.426. The Balaban J connectivity index is 2.07. The molecule has 0 atom stereocenters. The summed E-state index contributed by atoms with van der Waals surface area (Å²) in [6.45, 7) is 0. The van der Waals surface area contributed by atoms with E-state index in [1.165, 1.54) is 40.6 Å². The Morgan fingerprint density at radius 1 is 0.824 bits per heavy atom. The van der Waals surface area contributed by atoms with Crippen LogP contribution in [0.4, 0.5) is 10.1 Å². The number of anilines is 1. The van der Waals surface area contributed by atoms with Crippen LogP contribution in [0.5, 0.6) is 28.7 Å². The lowest BCUT2D eigenvalue weighted by atomic mass is 10.1. The number of rotatable bonds is 9. The Bertz CT molecular complexity index is 1280. The third kappa shape index (κ3) is 5.18. The lowest BCUT2D eigenvalue weighted by Gasteiger charge is -2.16. The highest BCUT2D eigenvalue weighted by molar-refractivity contribution is 7.92. The number of phenolic OH excluding ortho intramolecular Hbond substituents is 1. The molecule has 0 aromatic heterocycles. The summed E-state index contributed by atoms with van der Waals surface area (Å²) in [6.07, 6.45) is 3.33. The summed E-state index contributed by atoms with van der Waals surface area (Å²) < 4.78 is 62.8. The van der Waals surface area contributed by atoms with Crippen LogP contribution in [0.25, 0.3) is 12.2 Å². The molecule has 2 N–H and O–H groups in total. The van der Waals surface area contributed by atoms with Crippen molar-refractivity contribution in [2.24, 2.45) is 0 Å². The molecule has 3 aromatic rings. The third-order valence-electron chi connectivity index (χ3n) is 4.88. The van der Waals surface area contributed by atoms with Crippen molar-refractivity contribution in [1.29, 1.82) is 0 Å². The summed E-state index contributed by atoms with van der Waals surface area (Å²) in [5, 5.41) is 10.2. The quantitative estimate of drug-likeness (QED) is 0.426. The van der Waals surface area contributed by atoms with Crippen molar-refractivity contribution in [1.82, 2.24) is 0 Å². The van der Waals surface area contributed by atoms with E-state index in [0.717, 1.165) is 24.3 Å². The standard InChI is InChI=1S/C24H24FNO7S/c1-30-20-13-15(14-21(31-2)24(20)33-4)5-6-16-7-12-19(27)23(32-3)22(16)26-34(28,29)18-10-8-17(25)9-11-18/h5-14,26-27H,1-4H3. The van der Waals surface area contributed by atoms with Crippen LogP contribution in [0.2, 0.25) is 0 Å². The van der Waals surface area contributed by atoms with Gasteiger partial charge in [-0.3, -0.25) is 4.72 Å². The first-order valence-corrected chi connectivity index (χ1v) is 11.4. The highest BCUT2D eigenvalue weighted by atomic mass is 32.2. The fourth-order valence-corrected chi connectivity index (χ4v) is 4.32. The van der Waals surface area contributed by atoms with Gasteiger partial charge in [0.25, 0.3) is 10.0 Å². The van der Waals surface area contributed by atoms with E-state index < -0.39 is 15.8 Å². The summed E-state index contributed by atoms with van der Waals surface area (Å²) in [7, 11) is 1.68. The SMILES string of the molecule is COc1cc(C=Cc2ccc(O)c(OC)c2NS(=O)(=O)c2ccc(F)cc2)cc(OC)c1OC. The Morgan fingerprint density at radius 3 is 1.94 bits per heavy atom. The molecule has 8 nitrogen and oxygen atoms in total. The normalized spacial score (nSPS) is 11.3. The van der Waals surface area contributed by atoms with Gasteiger partial charge in [0.05, 0.1) is 33.3 Å². The zero-order valence-electron chi connectivity index (χ0n) is 19.0. The zero-order chi connectivity index (χ0) is 24.9. The molecule has 34 heavy (non-hydrogen) atoms. The van der Waals surface area contributed by atoms with E-state index in [1.807, 2.05) is 0 Å². The minimum atomic E-state index is -4.11. The maximum atomic E-state index is 13.3. The van der Waals surface area contributed by atoms with Crippen molar-refractivity contribution in [2.45, 2.75) is 4.90 Å². The van der Waals surface area contributed by atoms with Gasteiger partial charge in [0, 0.05) is 5.56 Å². The van der Waals surface area contributed by atoms with Gasteiger partial charge in [-0.25, -0.2) is 12.8 Å². The van der Waals surface area contributed by atoms with Gasteiger partial charge in [-0.05, 0) is 54.1 Å². The van der Waals surface area contributed by atoms with Gasteiger partial charge in [-0.1, -0.05) is 12.2 Å². The molecule has 0 amide bonds. The van der Waals surface area contributed by atoms with E-state index in [1.54, 1.807) is 24.3 Å². The van der Waals surface area contributed by atoms with Gasteiger partial charge in [0.1, 0.15) is 11.5 Å². The molecule has 0 saturated carbocycles. The smallest absolute Gasteiger partial charge is 0.262 e. The highest BCUT2D eigenvalue weighted by Gasteiger charge is 2.21. The monoisotopic (exact) mass is 489 g/mol. The Hall–Kier alpha value is -3.92. The number of halogens is 1. The Morgan fingerprint density at radius 2 is 1.41 bits per heavy atom. The molecular weight excluding hydrogens is 465 g/mol. The average Bonchev–Trinajstić information content (AvgIpc) is 2.83. The molecule has 3 aromatic carbocycles. The molecule has 0 fully saturated rings. The molecule has 0 heterocycles. The van der Waals surface area contributed by atoms with Crippen LogP contribution in [0.1, 0.15) is 11.1 Å². The van der Waals surface area contributed by atoms with Gasteiger partial charge in [-0.15, -0.1) is 0 Å². The second kappa shape index (κ2) is 10.3. The lowest BCUT2D eigenvalue weighted by molar-refractivity contribution is 0.324. The van der Waals surface area contributed by atoms with E-state index in [2.05, 4.69) is 4.72 Å². The van der Waals surface area contributed by atoms with E-state index in [4.69, 9.17) is 18.9 Å². The first-order chi connectivity index (χ1) is 16.2. The predicted octanol–water partition coefficient (Wildman–Crippen LogP) is 4.54. The van der Waals surface area contributed by atoms with Crippen molar-refractivity contribution in [3.63, 3.8) is 0 Å². The van der Waals surface area contributed by atoms with Crippen LogP contribution >= 0.6 is 0 Å². The van der Waals surface area contributed by atoms with E-state index >= 15 is 0 Å². The second-order valence-corrected chi connectivity index (χ2v) is 8.62. The van der Waals surface area contributed by atoms with Gasteiger partial charge in [0.2, 0.25) is 5.75 Å². The van der Waals surface area contributed by atoms with E-state index in [9.17, 15) is 17.9 Å². The number of hydrogen-bond acceptors (Lipinski definition) is 7. The van der Waals surface area contributed by atoms with Gasteiger partial charge in [-0.2, -0.15) is 0 Å². The first-order valence-electron chi connectivity index (χ1n) is 9.90. The van der Waals surface area contributed by atoms with Crippen LogP contribution in [-0.4, -0.2) is 42.0 Å². The minimum absolute atomic E-state index is 0.00974. The van der Waals surface area contributed by atoms with E-state index in [-0.39, 0.29) is 22.1 Å². The topological polar surface area (TPSA) is 103 Å². The molecule has 10 heteroatoms. The fraction of sp³-hybridized carbons (Fsp3) is 0.167. The number of phenols is 1. The van der Waals surface area contributed by atoms with Crippen molar-refractivity contribution in [2.75, 3.05) is 33.2 Å². The average molecular weight is 490 g/mol. The molecule has 0 saturated heterocycles. The van der Waals surface area contributed by atoms with Crippen LogP contribution < -0.4 is 23.7 Å². The molecule has 0 radical (unpaired) electrons. The molecule has 0 aliphatic heterocycles. The summed E-state index contributed by atoms with van der Waals surface area (Å²) in [5.41, 5.74) is 1.08. The number of nitrogens with one attached hydrogen (secondary N) is 1. The van der Waals surface area contributed by atoms with Crippen molar-refractivity contribution < 1.29 is 36.9 Å². The lowest BCUT2D eigenvalue weighted by Crippen LogP contribution is -2.14. The maximum absolute atomic E-state index is 13.3. The maximum Gasteiger partial charge on any atom is 0.262 e. The first kappa shape index (κ1) is 24.7. The van der Waals surface area contributed by atoms with Crippen molar-refractivity contribution in [3.05, 3.63) is 65.5 Å². The number of benzene rings is 3. The molecule has 0 unspecified atom stereocenters. The van der Waals surface area contributed by atoms with Crippen LogP contribution in [0.15, 0.2) is 53.4 Å². The molecular formula is C24H24FNO7S. The predicted molar refractivity (Wildman–Crippen MR) is 127 cm³/mol. The zero-order valence-corrected chi connectivity index (χ0v) is 19.8. The number of methoxy groups -OCH3 is 4. The number of hydrogen-bond donors (Lipinski definition) is 2. The van der Waals surface area contributed by atoms with Gasteiger partial charge >= 0.3 is 0 Å². The van der Waals surface area contributed by atoms with Crippen molar-refractivity contribution >= 4 is 27.9 Å². The van der Waals surface area contributed by atoms with Crippen LogP contribution in [-0.2, 0) is 10.0 Å². The van der Waals surface area contributed by atoms with Crippen molar-refractivity contribution in [3.8, 4) is 28.7 Å². The molecule has 180 valence electrons. The van der Waals surface area contributed by atoms with Crippen LogP contribution in [0, 0.1) is 5.82 Å². The summed E-state index contributed by atoms with van der Waals surface area (Å²) >= 11 is 0. The van der Waals surface area contributed by atoms with E-state index in [0.29, 0.717) is 28.4 Å². The second-order valence-electron chi connectivity index (χ2n) is 6.93. The van der Waals surface area contributed by atoms with Gasteiger partial charge in [0.15, 0.2) is 23.0 Å². The Kier molecular flexibility index (Phi) is 7.52. The van der Waals surface area contributed by atoms with Gasteiger partial charge < -0.3 is 24.1 Å². The highest BCUT2D eigenvalue weighted by Crippen LogP contribution is 2.41. The number of sulfonamides is 1. The molecule has 0 bridgehead atoms. The summed E-state index contributed by atoms with van der Waals surface area (Å²) in [4.78, 5) is -0.154. The third-order valence-corrected chi connectivity index (χ3v) is 6.24. The largest absolute Gasteiger partial charge is 0.504 e. The molecule has 0 aliphatic rings.